The average molecular weight is 180 g/mol. The monoisotopic (exact) mass is 180 g/mol. The molecule has 0 aliphatic rings. The molecule has 0 radical (unpaired) electrons. The second-order valence-electron chi connectivity index (χ2n) is 2.26. The topological polar surface area (TPSA) is 63.9 Å². The molecule has 1 aromatic rings. The fourth-order valence-corrected chi connectivity index (χ4v) is 1.28. The Bertz CT molecular complexity index is 326. The maximum atomic E-state index is 10.3. The van der Waals surface area contributed by atoms with E-state index in [0.29, 0.717) is 11.1 Å². The molecule has 0 N–H and O–H groups in total. The number of nitriles is 1. The summed E-state index contributed by atoms with van der Waals surface area (Å²) in [6.45, 7) is 0. The molecule has 0 aliphatic heterocycles. The van der Waals surface area contributed by atoms with Gasteiger partial charge in [-0.3, -0.25) is 4.21 Å². The number of rotatable bonds is 2. The van der Waals surface area contributed by atoms with Gasteiger partial charge in [0.2, 0.25) is 0 Å². The molecule has 62 valence electrons. The largest absolute Gasteiger partial charge is 0.772 e. The van der Waals surface area contributed by atoms with Gasteiger partial charge >= 0.3 is 0 Å². The van der Waals surface area contributed by atoms with Gasteiger partial charge in [-0.1, -0.05) is 23.2 Å². The van der Waals surface area contributed by atoms with Crippen molar-refractivity contribution in [1.29, 1.82) is 5.26 Å². The molecule has 0 spiro atoms. The minimum Gasteiger partial charge on any atom is -0.772 e. The maximum Gasteiger partial charge on any atom is 0.0991 e. The van der Waals surface area contributed by atoms with Crippen molar-refractivity contribution >= 4 is 11.1 Å². The molecule has 0 aromatic heterocycles. The minimum absolute atomic E-state index is 0.00566. The molecular weight excluding hydrogens is 174 g/mol. The highest BCUT2D eigenvalue weighted by atomic mass is 32.2. The van der Waals surface area contributed by atoms with E-state index in [-0.39, 0.29) is 5.75 Å². The third-order valence-electron chi connectivity index (χ3n) is 1.37. The standard InChI is InChI=1S/C8H7NO2S/c9-5-7-1-3-8(4-2-7)6-12(10)11/h1-4H,6H2,(H,10,11)/p-1. The minimum atomic E-state index is -2.06. The van der Waals surface area contributed by atoms with Crippen LogP contribution in [0.3, 0.4) is 0 Å². The summed E-state index contributed by atoms with van der Waals surface area (Å²) in [4.78, 5) is 0. The van der Waals surface area contributed by atoms with E-state index >= 15 is 0 Å². The smallest absolute Gasteiger partial charge is 0.0991 e. The fourth-order valence-electron chi connectivity index (χ4n) is 0.812. The van der Waals surface area contributed by atoms with Crippen LogP contribution in [-0.4, -0.2) is 8.76 Å². The Kier molecular flexibility index (Phi) is 2.97. The van der Waals surface area contributed by atoms with E-state index < -0.39 is 11.1 Å². The van der Waals surface area contributed by atoms with E-state index in [9.17, 15) is 8.76 Å². The first-order chi connectivity index (χ1) is 5.72. The van der Waals surface area contributed by atoms with Crippen molar-refractivity contribution in [3.05, 3.63) is 35.4 Å². The summed E-state index contributed by atoms with van der Waals surface area (Å²) in [7, 11) is 0. The quantitative estimate of drug-likeness (QED) is 0.636. The van der Waals surface area contributed by atoms with Crippen LogP contribution in [0.25, 0.3) is 0 Å². The zero-order valence-corrected chi connectivity index (χ0v) is 7.00. The van der Waals surface area contributed by atoms with Crippen LogP contribution < -0.4 is 0 Å². The van der Waals surface area contributed by atoms with E-state index in [0.717, 1.165) is 0 Å². The maximum absolute atomic E-state index is 10.3. The molecule has 0 bridgehead atoms. The van der Waals surface area contributed by atoms with Gasteiger partial charge in [0.1, 0.15) is 0 Å². The zero-order chi connectivity index (χ0) is 8.97. The molecule has 1 atom stereocenters. The summed E-state index contributed by atoms with van der Waals surface area (Å²) in [5, 5.41) is 8.44. The van der Waals surface area contributed by atoms with Gasteiger partial charge in [-0.25, -0.2) is 0 Å². The molecule has 3 nitrogen and oxygen atoms in total. The Morgan fingerprint density at radius 3 is 2.42 bits per heavy atom. The van der Waals surface area contributed by atoms with Crippen LogP contribution in [-0.2, 0) is 16.8 Å². The van der Waals surface area contributed by atoms with Gasteiger partial charge in [-0.05, 0) is 17.7 Å². The molecule has 0 saturated heterocycles. The Morgan fingerprint density at radius 1 is 1.42 bits per heavy atom. The lowest BCUT2D eigenvalue weighted by Gasteiger charge is -2.03. The molecule has 0 heterocycles. The highest BCUT2D eigenvalue weighted by Crippen LogP contribution is 2.04. The van der Waals surface area contributed by atoms with E-state index in [1.165, 1.54) is 0 Å². The first-order valence-electron chi connectivity index (χ1n) is 3.27. The van der Waals surface area contributed by atoms with Crippen molar-refractivity contribution in [2.24, 2.45) is 0 Å². The van der Waals surface area contributed by atoms with E-state index in [1.54, 1.807) is 24.3 Å². The summed E-state index contributed by atoms with van der Waals surface area (Å²) in [6.07, 6.45) is 0. The molecule has 12 heavy (non-hydrogen) atoms. The van der Waals surface area contributed by atoms with Gasteiger partial charge in [-0.2, -0.15) is 5.26 Å². The second kappa shape index (κ2) is 4.00. The van der Waals surface area contributed by atoms with Gasteiger partial charge in [0, 0.05) is 5.75 Å². The van der Waals surface area contributed by atoms with Crippen molar-refractivity contribution in [3.63, 3.8) is 0 Å². The van der Waals surface area contributed by atoms with Crippen LogP contribution in [0.4, 0.5) is 0 Å². The van der Waals surface area contributed by atoms with Crippen molar-refractivity contribution in [3.8, 4) is 6.07 Å². The lowest BCUT2D eigenvalue weighted by atomic mass is 10.2. The predicted molar refractivity (Wildman–Crippen MR) is 43.8 cm³/mol. The van der Waals surface area contributed by atoms with Crippen LogP contribution >= 0.6 is 0 Å². The average Bonchev–Trinajstić information content (AvgIpc) is 2.05. The summed E-state index contributed by atoms with van der Waals surface area (Å²) < 4.78 is 20.5. The van der Waals surface area contributed by atoms with Gasteiger partial charge in [0.05, 0.1) is 11.6 Å². The van der Waals surface area contributed by atoms with Crippen molar-refractivity contribution in [2.75, 3.05) is 0 Å². The van der Waals surface area contributed by atoms with Crippen LogP contribution in [0.2, 0.25) is 0 Å². The lowest BCUT2D eigenvalue weighted by molar-refractivity contribution is 0.536. The number of hydrogen-bond donors (Lipinski definition) is 0. The third-order valence-corrected chi connectivity index (χ3v) is 1.94. The third kappa shape index (κ3) is 2.46. The summed E-state index contributed by atoms with van der Waals surface area (Å²) >= 11 is -2.06. The van der Waals surface area contributed by atoms with Crippen LogP contribution in [0.15, 0.2) is 24.3 Å². The molecular formula is C8H6NO2S-. The Labute approximate surface area is 72.9 Å². The molecule has 0 amide bonds. The molecule has 0 fully saturated rings. The van der Waals surface area contributed by atoms with Crippen LogP contribution in [0.1, 0.15) is 11.1 Å². The highest BCUT2D eigenvalue weighted by Gasteiger charge is 1.92. The highest BCUT2D eigenvalue weighted by molar-refractivity contribution is 7.78. The Hall–Kier alpha value is -1.18. The first-order valence-corrected chi connectivity index (χ1v) is 4.51. The number of benzene rings is 1. The summed E-state index contributed by atoms with van der Waals surface area (Å²) in [5.74, 6) is 0.00566. The number of hydrogen-bond acceptors (Lipinski definition) is 3. The lowest BCUT2D eigenvalue weighted by Crippen LogP contribution is -1.92. The first kappa shape index (κ1) is 8.91. The van der Waals surface area contributed by atoms with E-state index in [2.05, 4.69) is 0 Å². The molecule has 1 aromatic carbocycles. The van der Waals surface area contributed by atoms with Gasteiger partial charge in [-0.15, -0.1) is 0 Å². The van der Waals surface area contributed by atoms with E-state index in [1.807, 2.05) is 6.07 Å². The summed E-state index contributed by atoms with van der Waals surface area (Å²) in [6, 6.07) is 8.42. The normalized spacial score (nSPS) is 12.0. The van der Waals surface area contributed by atoms with Crippen LogP contribution in [0, 0.1) is 11.3 Å². The fraction of sp³-hybridized carbons (Fsp3) is 0.125. The summed E-state index contributed by atoms with van der Waals surface area (Å²) in [5.41, 5.74) is 1.23. The number of nitrogens with zero attached hydrogens (tertiary/aromatic N) is 1. The van der Waals surface area contributed by atoms with Crippen LogP contribution in [0.5, 0.6) is 0 Å². The molecule has 4 heteroatoms. The van der Waals surface area contributed by atoms with Gasteiger partial charge < -0.3 is 4.55 Å². The molecule has 1 rings (SSSR count). The Morgan fingerprint density at radius 2 is 2.00 bits per heavy atom. The Balaban J connectivity index is 2.80. The van der Waals surface area contributed by atoms with Gasteiger partial charge in [0.25, 0.3) is 0 Å². The van der Waals surface area contributed by atoms with Crippen molar-refractivity contribution in [2.45, 2.75) is 5.75 Å². The second-order valence-corrected chi connectivity index (χ2v) is 3.15. The predicted octanol–water partition coefficient (Wildman–Crippen LogP) is 0.937. The van der Waals surface area contributed by atoms with E-state index in [4.69, 9.17) is 5.26 Å². The zero-order valence-electron chi connectivity index (χ0n) is 6.19. The van der Waals surface area contributed by atoms with Crippen molar-refractivity contribution in [1.82, 2.24) is 0 Å². The van der Waals surface area contributed by atoms with Crippen molar-refractivity contribution < 1.29 is 8.76 Å². The molecule has 1 unspecified atom stereocenters. The SMILES string of the molecule is N#Cc1ccc(CS(=O)[O-])cc1. The molecule has 0 aliphatic carbocycles. The molecule has 0 saturated carbocycles. The van der Waals surface area contributed by atoms with Gasteiger partial charge in [0.15, 0.2) is 0 Å².